The molecule has 0 aromatic carbocycles. The lowest BCUT2D eigenvalue weighted by Crippen LogP contribution is -2.10. The standard InChI is InChI=1S/C8H8N2O/c9-5-1-3-7-4-2-6-10-8(7)11/h2,4,6H,1,3H2,(H,10,11). The number of nitriles is 1. The molecule has 1 aromatic rings. The number of nitrogens with one attached hydrogen (secondary N) is 1. The molecule has 0 saturated heterocycles. The summed E-state index contributed by atoms with van der Waals surface area (Å²) in [4.78, 5) is 13.5. The zero-order valence-electron chi connectivity index (χ0n) is 6.00. The van der Waals surface area contributed by atoms with Gasteiger partial charge in [0.15, 0.2) is 0 Å². The molecule has 0 saturated carbocycles. The molecule has 1 heterocycles. The van der Waals surface area contributed by atoms with Crippen molar-refractivity contribution in [1.29, 1.82) is 5.26 Å². The van der Waals surface area contributed by atoms with E-state index in [9.17, 15) is 4.79 Å². The Balaban J connectivity index is 2.80. The summed E-state index contributed by atoms with van der Waals surface area (Å²) in [6, 6.07) is 5.48. The molecular weight excluding hydrogens is 140 g/mol. The Morgan fingerprint density at radius 1 is 1.64 bits per heavy atom. The van der Waals surface area contributed by atoms with Crippen molar-refractivity contribution in [3.8, 4) is 6.07 Å². The van der Waals surface area contributed by atoms with E-state index >= 15 is 0 Å². The number of hydrogen-bond acceptors (Lipinski definition) is 2. The highest BCUT2D eigenvalue weighted by Crippen LogP contribution is 1.93. The fourth-order valence-electron chi connectivity index (χ4n) is 0.844. The Kier molecular flexibility index (Phi) is 2.45. The van der Waals surface area contributed by atoms with Gasteiger partial charge in [-0.1, -0.05) is 6.07 Å². The van der Waals surface area contributed by atoms with Crippen LogP contribution in [-0.4, -0.2) is 4.98 Å². The van der Waals surface area contributed by atoms with Gasteiger partial charge in [0, 0.05) is 18.2 Å². The number of aryl methyl sites for hydroxylation is 1. The first-order valence-corrected chi connectivity index (χ1v) is 3.38. The average molecular weight is 148 g/mol. The van der Waals surface area contributed by atoms with Gasteiger partial charge in [0.25, 0.3) is 5.56 Å². The molecule has 0 aliphatic rings. The summed E-state index contributed by atoms with van der Waals surface area (Å²) in [6.45, 7) is 0. The van der Waals surface area contributed by atoms with Gasteiger partial charge in [-0.15, -0.1) is 0 Å². The van der Waals surface area contributed by atoms with Crippen molar-refractivity contribution in [2.75, 3.05) is 0 Å². The predicted molar refractivity (Wildman–Crippen MR) is 41.0 cm³/mol. The Morgan fingerprint density at radius 3 is 3.09 bits per heavy atom. The number of H-pyrrole nitrogens is 1. The van der Waals surface area contributed by atoms with Gasteiger partial charge >= 0.3 is 0 Å². The SMILES string of the molecule is N#CCCc1ccc[nH]c1=O. The van der Waals surface area contributed by atoms with Crippen LogP contribution < -0.4 is 5.56 Å². The lowest BCUT2D eigenvalue weighted by molar-refractivity contribution is 0.974. The van der Waals surface area contributed by atoms with Crippen molar-refractivity contribution in [2.24, 2.45) is 0 Å². The highest BCUT2D eigenvalue weighted by atomic mass is 16.1. The molecule has 3 nitrogen and oxygen atoms in total. The second-order valence-electron chi connectivity index (χ2n) is 2.18. The van der Waals surface area contributed by atoms with Crippen molar-refractivity contribution in [2.45, 2.75) is 12.8 Å². The molecular formula is C8H8N2O. The molecule has 0 bridgehead atoms. The quantitative estimate of drug-likeness (QED) is 0.675. The molecule has 56 valence electrons. The molecule has 1 aromatic heterocycles. The van der Waals surface area contributed by atoms with Crippen LogP contribution in [0.2, 0.25) is 0 Å². The van der Waals surface area contributed by atoms with E-state index in [1.807, 2.05) is 6.07 Å². The first-order valence-electron chi connectivity index (χ1n) is 3.38. The van der Waals surface area contributed by atoms with Crippen LogP contribution in [0.3, 0.4) is 0 Å². The van der Waals surface area contributed by atoms with E-state index in [2.05, 4.69) is 4.98 Å². The Labute approximate surface area is 64.3 Å². The van der Waals surface area contributed by atoms with E-state index in [1.54, 1.807) is 18.3 Å². The van der Waals surface area contributed by atoms with Crippen LogP contribution in [0.4, 0.5) is 0 Å². The molecule has 0 aliphatic carbocycles. The van der Waals surface area contributed by atoms with Gasteiger partial charge in [0.1, 0.15) is 0 Å². The van der Waals surface area contributed by atoms with Gasteiger partial charge < -0.3 is 4.98 Å². The highest BCUT2D eigenvalue weighted by Gasteiger charge is 1.95. The predicted octanol–water partition coefficient (Wildman–Crippen LogP) is 0.831. The van der Waals surface area contributed by atoms with Crippen molar-refractivity contribution in [3.63, 3.8) is 0 Å². The molecule has 0 amide bonds. The maximum absolute atomic E-state index is 11.0. The Morgan fingerprint density at radius 2 is 2.45 bits per heavy atom. The van der Waals surface area contributed by atoms with Gasteiger partial charge in [-0.3, -0.25) is 4.79 Å². The summed E-state index contributed by atoms with van der Waals surface area (Å²) in [7, 11) is 0. The summed E-state index contributed by atoms with van der Waals surface area (Å²) >= 11 is 0. The van der Waals surface area contributed by atoms with Crippen LogP contribution in [0.1, 0.15) is 12.0 Å². The Bertz CT molecular complexity index is 321. The first-order chi connectivity index (χ1) is 5.34. The van der Waals surface area contributed by atoms with Crippen LogP contribution in [0, 0.1) is 11.3 Å². The van der Waals surface area contributed by atoms with E-state index in [4.69, 9.17) is 5.26 Å². The van der Waals surface area contributed by atoms with Gasteiger partial charge in [-0.2, -0.15) is 5.26 Å². The van der Waals surface area contributed by atoms with Crippen LogP contribution in [0.5, 0.6) is 0 Å². The maximum atomic E-state index is 11.0. The maximum Gasteiger partial charge on any atom is 0.251 e. The third-order valence-corrected chi connectivity index (χ3v) is 1.41. The van der Waals surface area contributed by atoms with Crippen molar-refractivity contribution < 1.29 is 0 Å². The number of hydrogen-bond donors (Lipinski definition) is 1. The van der Waals surface area contributed by atoms with Crippen molar-refractivity contribution in [3.05, 3.63) is 34.2 Å². The molecule has 0 aliphatic heterocycles. The molecule has 0 unspecified atom stereocenters. The third-order valence-electron chi connectivity index (χ3n) is 1.41. The van der Waals surface area contributed by atoms with Crippen LogP contribution in [0.15, 0.2) is 23.1 Å². The molecule has 0 atom stereocenters. The number of rotatable bonds is 2. The summed E-state index contributed by atoms with van der Waals surface area (Å²) < 4.78 is 0. The minimum atomic E-state index is -0.0947. The summed E-state index contributed by atoms with van der Waals surface area (Å²) in [6.07, 6.45) is 2.51. The van der Waals surface area contributed by atoms with Crippen molar-refractivity contribution >= 4 is 0 Å². The number of pyridine rings is 1. The van der Waals surface area contributed by atoms with E-state index in [0.29, 0.717) is 18.4 Å². The van der Waals surface area contributed by atoms with Gasteiger partial charge in [0.05, 0.1) is 6.07 Å². The number of aromatic amines is 1. The number of aromatic nitrogens is 1. The van der Waals surface area contributed by atoms with Crippen LogP contribution in [-0.2, 0) is 6.42 Å². The Hall–Kier alpha value is -1.56. The first kappa shape index (κ1) is 7.55. The molecule has 0 fully saturated rings. The molecule has 11 heavy (non-hydrogen) atoms. The zero-order valence-corrected chi connectivity index (χ0v) is 6.00. The monoisotopic (exact) mass is 148 g/mol. The minimum absolute atomic E-state index is 0.0947. The normalized spacial score (nSPS) is 9.00. The van der Waals surface area contributed by atoms with Gasteiger partial charge in [-0.25, -0.2) is 0 Å². The summed E-state index contributed by atoms with van der Waals surface area (Å²) in [5.74, 6) is 0. The zero-order chi connectivity index (χ0) is 8.10. The third kappa shape index (κ3) is 1.94. The fraction of sp³-hybridized carbons (Fsp3) is 0.250. The molecule has 1 rings (SSSR count). The fourth-order valence-corrected chi connectivity index (χ4v) is 0.844. The molecule has 0 radical (unpaired) electrons. The molecule has 0 spiro atoms. The lowest BCUT2D eigenvalue weighted by atomic mass is 10.2. The smallest absolute Gasteiger partial charge is 0.251 e. The second-order valence-corrected chi connectivity index (χ2v) is 2.18. The topological polar surface area (TPSA) is 56.6 Å². The summed E-state index contributed by atoms with van der Waals surface area (Å²) in [5.41, 5.74) is 0.580. The van der Waals surface area contributed by atoms with E-state index in [1.165, 1.54) is 0 Å². The van der Waals surface area contributed by atoms with E-state index < -0.39 is 0 Å². The second kappa shape index (κ2) is 3.57. The lowest BCUT2D eigenvalue weighted by Gasteiger charge is -1.92. The van der Waals surface area contributed by atoms with Crippen LogP contribution >= 0.6 is 0 Å². The number of nitrogens with zero attached hydrogens (tertiary/aromatic N) is 1. The van der Waals surface area contributed by atoms with Crippen molar-refractivity contribution in [1.82, 2.24) is 4.98 Å². The molecule has 3 heteroatoms. The minimum Gasteiger partial charge on any atom is -0.329 e. The largest absolute Gasteiger partial charge is 0.329 e. The summed E-state index contributed by atoms with van der Waals surface area (Å²) in [5, 5.41) is 8.26. The van der Waals surface area contributed by atoms with Crippen LogP contribution in [0.25, 0.3) is 0 Å². The van der Waals surface area contributed by atoms with E-state index in [-0.39, 0.29) is 5.56 Å². The van der Waals surface area contributed by atoms with E-state index in [0.717, 1.165) is 0 Å². The molecule has 1 N–H and O–H groups in total. The van der Waals surface area contributed by atoms with Gasteiger partial charge in [0.2, 0.25) is 0 Å². The van der Waals surface area contributed by atoms with Gasteiger partial charge in [-0.05, 0) is 12.5 Å². The highest BCUT2D eigenvalue weighted by molar-refractivity contribution is 5.09. The average Bonchev–Trinajstić information content (AvgIpc) is 2.03.